The lowest BCUT2D eigenvalue weighted by atomic mass is 9.89. The number of rotatable bonds is 4. The van der Waals surface area contributed by atoms with Gasteiger partial charge in [-0.05, 0) is 42.3 Å². The normalized spacial score (nSPS) is 15.6. The molecule has 3 N–H and O–H groups in total. The van der Waals surface area contributed by atoms with Crippen molar-refractivity contribution in [3.8, 4) is 16.9 Å². The molecule has 6 nitrogen and oxygen atoms in total. The highest BCUT2D eigenvalue weighted by Crippen LogP contribution is 2.38. The number of ether oxygens (including phenoxy) is 1. The maximum Gasteiger partial charge on any atom is 0.255 e. The number of nitrogens with two attached hydrogens (primary N) is 1. The average molecular weight is 396 g/mol. The van der Waals surface area contributed by atoms with Gasteiger partial charge >= 0.3 is 0 Å². The molecule has 1 aliphatic rings. The standard InChI is InChI=1S/C21H18F2N4O2/c1-2-29-19-8-12(23)4-6-14(19)15-7-11(22)3-5-13(15)17-9-18-16(20(28)26-17)10-25-21(24)27-18/h3-8,10,17H,2,9H2,1H3,(H,26,28)(H2,24,25,27)/t17-/m1/s1. The minimum absolute atomic E-state index is 0.0775. The average Bonchev–Trinajstić information content (AvgIpc) is 2.68. The molecule has 1 aromatic heterocycles. The van der Waals surface area contributed by atoms with Crippen molar-refractivity contribution in [2.24, 2.45) is 0 Å². The zero-order valence-corrected chi connectivity index (χ0v) is 15.6. The summed E-state index contributed by atoms with van der Waals surface area (Å²) in [6.45, 7) is 2.11. The first-order chi connectivity index (χ1) is 14.0. The predicted octanol–water partition coefficient (Wildman–Crippen LogP) is 3.43. The first-order valence-corrected chi connectivity index (χ1v) is 9.10. The number of carbonyl (C=O) groups excluding carboxylic acids is 1. The first-order valence-electron chi connectivity index (χ1n) is 9.10. The van der Waals surface area contributed by atoms with Crippen LogP contribution in [0.4, 0.5) is 14.7 Å². The largest absolute Gasteiger partial charge is 0.493 e. The molecule has 4 rings (SSSR count). The van der Waals surface area contributed by atoms with E-state index in [0.29, 0.717) is 46.7 Å². The van der Waals surface area contributed by atoms with Gasteiger partial charge in [-0.2, -0.15) is 0 Å². The van der Waals surface area contributed by atoms with E-state index < -0.39 is 17.7 Å². The number of fused-ring (bicyclic) bond motifs is 1. The molecule has 8 heteroatoms. The lowest BCUT2D eigenvalue weighted by molar-refractivity contribution is 0.0923. The second-order valence-electron chi connectivity index (χ2n) is 6.62. The molecule has 0 unspecified atom stereocenters. The number of amides is 1. The van der Waals surface area contributed by atoms with E-state index >= 15 is 0 Å². The van der Waals surface area contributed by atoms with Crippen molar-refractivity contribution in [3.63, 3.8) is 0 Å². The lowest BCUT2D eigenvalue weighted by Crippen LogP contribution is -2.36. The number of hydrogen-bond donors (Lipinski definition) is 2. The van der Waals surface area contributed by atoms with Gasteiger partial charge in [-0.25, -0.2) is 18.7 Å². The highest BCUT2D eigenvalue weighted by atomic mass is 19.1. The maximum absolute atomic E-state index is 14.1. The SMILES string of the molecule is CCOc1cc(F)ccc1-c1cc(F)ccc1[C@H]1Cc2nc(N)ncc2C(=O)N1. The molecule has 1 aliphatic heterocycles. The summed E-state index contributed by atoms with van der Waals surface area (Å²) >= 11 is 0. The monoisotopic (exact) mass is 396 g/mol. The van der Waals surface area contributed by atoms with E-state index in [2.05, 4.69) is 15.3 Å². The van der Waals surface area contributed by atoms with Crippen LogP contribution in [-0.2, 0) is 6.42 Å². The van der Waals surface area contributed by atoms with Crippen LogP contribution in [0, 0.1) is 11.6 Å². The minimum atomic E-state index is -0.473. The smallest absolute Gasteiger partial charge is 0.255 e. The van der Waals surface area contributed by atoms with Crippen molar-refractivity contribution >= 4 is 11.9 Å². The number of aromatic nitrogens is 2. The summed E-state index contributed by atoms with van der Waals surface area (Å²) in [6, 6.07) is 7.88. The maximum atomic E-state index is 14.1. The Labute approximate surface area is 165 Å². The van der Waals surface area contributed by atoms with Gasteiger partial charge in [0.15, 0.2) is 0 Å². The van der Waals surface area contributed by atoms with Crippen LogP contribution in [0.5, 0.6) is 5.75 Å². The van der Waals surface area contributed by atoms with E-state index in [-0.39, 0.29) is 11.9 Å². The third kappa shape index (κ3) is 3.61. The highest BCUT2D eigenvalue weighted by molar-refractivity contribution is 5.96. The fourth-order valence-corrected chi connectivity index (χ4v) is 3.51. The third-order valence-corrected chi connectivity index (χ3v) is 4.76. The molecule has 3 aromatic rings. The van der Waals surface area contributed by atoms with Crippen molar-refractivity contribution in [1.82, 2.24) is 15.3 Å². The third-order valence-electron chi connectivity index (χ3n) is 4.76. The van der Waals surface area contributed by atoms with Crippen molar-refractivity contribution in [1.29, 1.82) is 0 Å². The molecule has 29 heavy (non-hydrogen) atoms. The fraction of sp³-hybridized carbons (Fsp3) is 0.190. The number of anilines is 1. The van der Waals surface area contributed by atoms with Crippen molar-refractivity contribution in [2.45, 2.75) is 19.4 Å². The second kappa shape index (κ2) is 7.46. The first kappa shape index (κ1) is 18.8. The Morgan fingerprint density at radius 2 is 1.90 bits per heavy atom. The molecule has 1 amide bonds. The number of nitrogens with zero attached hydrogens (tertiary/aromatic N) is 2. The number of nitrogen functional groups attached to an aromatic ring is 1. The summed E-state index contributed by atoms with van der Waals surface area (Å²) in [7, 11) is 0. The Morgan fingerprint density at radius 3 is 2.69 bits per heavy atom. The predicted molar refractivity (Wildman–Crippen MR) is 103 cm³/mol. The van der Waals surface area contributed by atoms with E-state index in [4.69, 9.17) is 10.5 Å². The Kier molecular flexibility index (Phi) is 4.84. The number of benzene rings is 2. The summed E-state index contributed by atoms with van der Waals surface area (Å²) in [5, 5.41) is 2.90. The molecule has 0 saturated carbocycles. The number of nitrogens with one attached hydrogen (secondary N) is 1. The van der Waals surface area contributed by atoms with Crippen LogP contribution in [0.3, 0.4) is 0 Å². The van der Waals surface area contributed by atoms with Crippen LogP contribution in [0.25, 0.3) is 11.1 Å². The second-order valence-corrected chi connectivity index (χ2v) is 6.62. The van der Waals surface area contributed by atoms with Gasteiger partial charge in [0.1, 0.15) is 17.4 Å². The Morgan fingerprint density at radius 1 is 1.14 bits per heavy atom. The topological polar surface area (TPSA) is 90.1 Å². The summed E-state index contributed by atoms with van der Waals surface area (Å²) < 4.78 is 33.4. The highest BCUT2D eigenvalue weighted by Gasteiger charge is 2.29. The van der Waals surface area contributed by atoms with E-state index in [1.807, 2.05) is 0 Å². The molecule has 2 heterocycles. The summed E-state index contributed by atoms with van der Waals surface area (Å²) in [4.78, 5) is 20.6. The van der Waals surface area contributed by atoms with Crippen LogP contribution in [0.15, 0.2) is 42.6 Å². The Balaban J connectivity index is 1.82. The van der Waals surface area contributed by atoms with E-state index in [1.165, 1.54) is 36.5 Å². The zero-order chi connectivity index (χ0) is 20.5. The molecule has 1 atom stereocenters. The summed E-state index contributed by atoms with van der Waals surface area (Å²) in [5.74, 6) is -0.871. The van der Waals surface area contributed by atoms with Gasteiger partial charge < -0.3 is 15.8 Å². The molecule has 0 bridgehead atoms. The lowest BCUT2D eigenvalue weighted by Gasteiger charge is -2.27. The Bertz CT molecular complexity index is 1100. The molecule has 0 saturated heterocycles. The van der Waals surface area contributed by atoms with Crippen LogP contribution in [0.1, 0.15) is 34.6 Å². The van der Waals surface area contributed by atoms with E-state index in [9.17, 15) is 13.6 Å². The summed E-state index contributed by atoms with van der Waals surface area (Å²) in [6.07, 6.45) is 1.75. The molecule has 2 aromatic carbocycles. The number of carbonyl (C=O) groups is 1. The van der Waals surface area contributed by atoms with Gasteiger partial charge in [0.2, 0.25) is 5.95 Å². The molecule has 0 radical (unpaired) electrons. The molecular weight excluding hydrogens is 378 g/mol. The zero-order valence-electron chi connectivity index (χ0n) is 15.6. The van der Waals surface area contributed by atoms with Crippen LogP contribution in [0.2, 0.25) is 0 Å². The molecule has 0 fully saturated rings. The fourth-order valence-electron chi connectivity index (χ4n) is 3.51. The van der Waals surface area contributed by atoms with E-state index in [1.54, 1.807) is 13.0 Å². The van der Waals surface area contributed by atoms with Crippen LogP contribution in [-0.4, -0.2) is 22.5 Å². The van der Waals surface area contributed by atoms with Gasteiger partial charge in [0.05, 0.1) is 23.9 Å². The minimum Gasteiger partial charge on any atom is -0.493 e. The van der Waals surface area contributed by atoms with Crippen molar-refractivity contribution in [2.75, 3.05) is 12.3 Å². The quantitative estimate of drug-likeness (QED) is 0.705. The van der Waals surface area contributed by atoms with Gasteiger partial charge in [-0.1, -0.05) is 6.07 Å². The number of hydrogen-bond acceptors (Lipinski definition) is 5. The molecule has 0 spiro atoms. The van der Waals surface area contributed by atoms with Gasteiger partial charge in [-0.3, -0.25) is 4.79 Å². The Hall–Kier alpha value is -3.55. The van der Waals surface area contributed by atoms with Gasteiger partial charge in [0, 0.05) is 24.2 Å². The van der Waals surface area contributed by atoms with Crippen molar-refractivity contribution < 1.29 is 18.3 Å². The molecule has 148 valence electrons. The van der Waals surface area contributed by atoms with Crippen molar-refractivity contribution in [3.05, 3.63) is 71.1 Å². The van der Waals surface area contributed by atoms with E-state index in [0.717, 1.165) is 0 Å². The molecule has 0 aliphatic carbocycles. The van der Waals surface area contributed by atoms with Gasteiger partial charge in [0.25, 0.3) is 5.91 Å². The van der Waals surface area contributed by atoms with Crippen LogP contribution < -0.4 is 15.8 Å². The summed E-state index contributed by atoms with van der Waals surface area (Å²) in [5.41, 5.74) is 8.24. The van der Waals surface area contributed by atoms with Gasteiger partial charge in [-0.15, -0.1) is 0 Å². The number of halogens is 2. The van der Waals surface area contributed by atoms with Crippen LogP contribution >= 0.6 is 0 Å². The molecular formula is C21H18F2N4O2.